The van der Waals surface area contributed by atoms with Crippen molar-refractivity contribution >= 4 is 15.9 Å². The first-order valence-corrected chi connectivity index (χ1v) is 9.02. The zero-order valence-electron chi connectivity index (χ0n) is 13.0. The number of benzene rings is 1. The van der Waals surface area contributed by atoms with Crippen LogP contribution in [0, 0.1) is 5.41 Å². The second-order valence-electron chi connectivity index (χ2n) is 5.98. The van der Waals surface area contributed by atoms with Gasteiger partial charge in [0.15, 0.2) is 0 Å². The van der Waals surface area contributed by atoms with Crippen LogP contribution in [0.4, 0.5) is 0 Å². The fourth-order valence-corrected chi connectivity index (χ4v) is 4.77. The SMILES string of the molecule is COc1ccc(S(=O)(=O)N2CCC[C@]3(CC=CNC3=O)C2)cc1. The molecular weight excluding hydrogens is 316 g/mol. The maximum atomic E-state index is 12.9. The highest BCUT2D eigenvalue weighted by atomic mass is 32.2. The van der Waals surface area contributed by atoms with E-state index in [1.54, 1.807) is 18.3 Å². The first kappa shape index (κ1) is 16.0. The van der Waals surface area contributed by atoms with E-state index in [4.69, 9.17) is 4.74 Å². The zero-order valence-corrected chi connectivity index (χ0v) is 13.8. The highest BCUT2D eigenvalue weighted by molar-refractivity contribution is 7.89. The van der Waals surface area contributed by atoms with Gasteiger partial charge in [-0.05, 0) is 49.7 Å². The minimum Gasteiger partial charge on any atom is -0.497 e. The summed E-state index contributed by atoms with van der Waals surface area (Å²) < 4.78 is 32.2. The molecule has 0 unspecified atom stereocenters. The molecule has 1 N–H and O–H groups in total. The van der Waals surface area contributed by atoms with E-state index < -0.39 is 15.4 Å². The van der Waals surface area contributed by atoms with Crippen LogP contribution in [0.5, 0.6) is 5.75 Å². The number of sulfonamides is 1. The maximum Gasteiger partial charge on any atom is 0.243 e. The number of nitrogens with zero attached hydrogens (tertiary/aromatic N) is 1. The normalized spacial score (nSPS) is 25.3. The monoisotopic (exact) mass is 336 g/mol. The molecule has 1 fully saturated rings. The number of ether oxygens (including phenoxy) is 1. The molecular formula is C16H20N2O4S. The summed E-state index contributed by atoms with van der Waals surface area (Å²) in [6, 6.07) is 6.33. The molecule has 1 amide bonds. The molecule has 0 bridgehead atoms. The maximum absolute atomic E-state index is 12.9. The van der Waals surface area contributed by atoms with Gasteiger partial charge in [0, 0.05) is 13.1 Å². The predicted molar refractivity (Wildman–Crippen MR) is 85.3 cm³/mol. The fourth-order valence-electron chi connectivity index (χ4n) is 3.21. The summed E-state index contributed by atoms with van der Waals surface area (Å²) >= 11 is 0. The Hall–Kier alpha value is -1.86. The molecule has 3 rings (SSSR count). The highest BCUT2D eigenvalue weighted by Crippen LogP contribution is 2.37. The number of piperidine rings is 1. The van der Waals surface area contributed by atoms with Crippen molar-refractivity contribution < 1.29 is 17.9 Å². The Labute approximate surface area is 136 Å². The first-order chi connectivity index (χ1) is 11.0. The van der Waals surface area contributed by atoms with E-state index in [1.165, 1.54) is 23.5 Å². The summed E-state index contributed by atoms with van der Waals surface area (Å²) in [5, 5.41) is 2.71. The van der Waals surface area contributed by atoms with E-state index in [-0.39, 0.29) is 17.3 Å². The second-order valence-corrected chi connectivity index (χ2v) is 7.92. The number of hydrogen-bond acceptors (Lipinski definition) is 4. The number of allylic oxidation sites excluding steroid dienone is 1. The van der Waals surface area contributed by atoms with Gasteiger partial charge in [-0.15, -0.1) is 0 Å². The summed E-state index contributed by atoms with van der Waals surface area (Å²) in [6.07, 6.45) is 5.48. The molecule has 0 aliphatic carbocycles. The molecule has 1 spiro atoms. The lowest BCUT2D eigenvalue weighted by atomic mass is 9.76. The molecule has 2 heterocycles. The van der Waals surface area contributed by atoms with Crippen LogP contribution in [0.1, 0.15) is 19.3 Å². The van der Waals surface area contributed by atoms with Gasteiger partial charge in [-0.25, -0.2) is 8.42 Å². The van der Waals surface area contributed by atoms with Gasteiger partial charge in [-0.1, -0.05) is 6.08 Å². The van der Waals surface area contributed by atoms with E-state index >= 15 is 0 Å². The average Bonchev–Trinajstić information content (AvgIpc) is 2.58. The van der Waals surface area contributed by atoms with Gasteiger partial charge in [0.1, 0.15) is 5.75 Å². The topological polar surface area (TPSA) is 75.7 Å². The Kier molecular flexibility index (Phi) is 4.16. The molecule has 7 heteroatoms. The lowest BCUT2D eigenvalue weighted by Gasteiger charge is -2.41. The van der Waals surface area contributed by atoms with Crippen LogP contribution in [-0.4, -0.2) is 38.8 Å². The smallest absolute Gasteiger partial charge is 0.243 e. The lowest BCUT2D eigenvalue weighted by molar-refractivity contribution is -0.132. The highest BCUT2D eigenvalue weighted by Gasteiger charge is 2.45. The van der Waals surface area contributed by atoms with Gasteiger partial charge >= 0.3 is 0 Å². The van der Waals surface area contributed by atoms with Crippen LogP contribution < -0.4 is 10.1 Å². The molecule has 0 radical (unpaired) electrons. The van der Waals surface area contributed by atoms with Crippen molar-refractivity contribution in [2.75, 3.05) is 20.2 Å². The number of hydrogen-bond donors (Lipinski definition) is 1. The first-order valence-electron chi connectivity index (χ1n) is 7.58. The third-order valence-electron chi connectivity index (χ3n) is 4.56. The van der Waals surface area contributed by atoms with Crippen LogP contribution in [0.3, 0.4) is 0 Å². The summed E-state index contributed by atoms with van der Waals surface area (Å²) in [5.41, 5.74) is -0.646. The van der Waals surface area contributed by atoms with Crippen LogP contribution in [0.15, 0.2) is 41.4 Å². The van der Waals surface area contributed by atoms with Crippen LogP contribution in [0.25, 0.3) is 0 Å². The number of carbonyl (C=O) groups is 1. The molecule has 1 aromatic rings. The number of nitrogens with one attached hydrogen (secondary N) is 1. The summed E-state index contributed by atoms with van der Waals surface area (Å²) in [6.45, 7) is 0.657. The summed E-state index contributed by atoms with van der Waals surface area (Å²) in [5.74, 6) is 0.519. The number of carbonyl (C=O) groups excluding carboxylic acids is 1. The van der Waals surface area contributed by atoms with E-state index in [0.29, 0.717) is 31.6 Å². The molecule has 1 aromatic carbocycles. The predicted octanol–water partition coefficient (Wildman–Crippen LogP) is 1.50. The molecule has 2 aliphatic heterocycles. The van der Waals surface area contributed by atoms with Crippen molar-refractivity contribution in [3.63, 3.8) is 0 Å². The van der Waals surface area contributed by atoms with Crippen LogP contribution >= 0.6 is 0 Å². The number of rotatable bonds is 3. The van der Waals surface area contributed by atoms with Crippen molar-refractivity contribution in [2.24, 2.45) is 5.41 Å². The number of methoxy groups -OCH3 is 1. The van der Waals surface area contributed by atoms with Gasteiger partial charge in [-0.3, -0.25) is 4.79 Å². The van der Waals surface area contributed by atoms with E-state index in [2.05, 4.69) is 5.32 Å². The quantitative estimate of drug-likeness (QED) is 0.907. The van der Waals surface area contributed by atoms with Crippen molar-refractivity contribution in [3.05, 3.63) is 36.5 Å². The van der Waals surface area contributed by atoms with Crippen LogP contribution in [0.2, 0.25) is 0 Å². The molecule has 0 saturated carbocycles. The van der Waals surface area contributed by atoms with Gasteiger partial charge in [0.2, 0.25) is 15.9 Å². The molecule has 1 atom stereocenters. The molecule has 23 heavy (non-hydrogen) atoms. The standard InChI is InChI=1S/C16H20N2O4S/c1-22-13-4-6-14(7-5-13)23(20,21)18-11-3-9-16(12-18)8-2-10-17-15(16)19/h2,4-7,10H,3,8-9,11-12H2,1H3,(H,17,19)/t16-/m1/s1. The van der Waals surface area contributed by atoms with Gasteiger partial charge < -0.3 is 10.1 Å². The van der Waals surface area contributed by atoms with Gasteiger partial charge in [0.25, 0.3) is 0 Å². The number of amides is 1. The zero-order chi connectivity index (χ0) is 16.5. The average molecular weight is 336 g/mol. The minimum absolute atomic E-state index is 0.0883. The fraction of sp³-hybridized carbons (Fsp3) is 0.438. The van der Waals surface area contributed by atoms with Crippen molar-refractivity contribution in [2.45, 2.75) is 24.2 Å². The van der Waals surface area contributed by atoms with E-state index in [0.717, 1.165) is 0 Å². The lowest BCUT2D eigenvalue weighted by Crippen LogP contribution is -2.53. The largest absolute Gasteiger partial charge is 0.497 e. The van der Waals surface area contributed by atoms with E-state index in [1.807, 2.05) is 6.08 Å². The van der Waals surface area contributed by atoms with Crippen LogP contribution in [-0.2, 0) is 14.8 Å². The summed E-state index contributed by atoms with van der Waals surface area (Å²) in [4.78, 5) is 12.5. The van der Waals surface area contributed by atoms with E-state index in [9.17, 15) is 13.2 Å². The molecule has 1 saturated heterocycles. The third-order valence-corrected chi connectivity index (χ3v) is 6.42. The Morgan fingerprint density at radius 2 is 2.00 bits per heavy atom. The molecule has 6 nitrogen and oxygen atoms in total. The summed E-state index contributed by atoms with van der Waals surface area (Å²) in [7, 11) is -2.08. The Morgan fingerprint density at radius 1 is 1.26 bits per heavy atom. The molecule has 124 valence electrons. The van der Waals surface area contributed by atoms with Crippen molar-refractivity contribution in [1.82, 2.24) is 9.62 Å². The second kappa shape index (κ2) is 5.98. The Balaban J connectivity index is 1.87. The third kappa shape index (κ3) is 2.86. The minimum atomic E-state index is -3.61. The Bertz CT molecular complexity index is 727. The van der Waals surface area contributed by atoms with Crippen molar-refractivity contribution in [1.29, 1.82) is 0 Å². The van der Waals surface area contributed by atoms with Crippen molar-refractivity contribution in [3.8, 4) is 5.75 Å². The van der Waals surface area contributed by atoms with Gasteiger partial charge in [-0.2, -0.15) is 4.31 Å². The molecule has 0 aromatic heterocycles. The molecule has 2 aliphatic rings. The Morgan fingerprint density at radius 3 is 2.65 bits per heavy atom. The van der Waals surface area contributed by atoms with Gasteiger partial charge in [0.05, 0.1) is 17.4 Å².